The van der Waals surface area contributed by atoms with Gasteiger partial charge in [0.2, 0.25) is 0 Å². The van der Waals surface area contributed by atoms with E-state index < -0.39 is 0 Å². The SMILES string of the molecule is FCCCN1CNSc2cc(Cl)ccc21. The van der Waals surface area contributed by atoms with Crippen LogP contribution >= 0.6 is 23.5 Å². The van der Waals surface area contributed by atoms with Crippen molar-refractivity contribution < 1.29 is 4.39 Å². The van der Waals surface area contributed by atoms with Gasteiger partial charge in [0, 0.05) is 16.5 Å². The minimum Gasteiger partial charge on any atom is -0.357 e. The smallest absolute Gasteiger partial charge is 0.0911 e. The van der Waals surface area contributed by atoms with Gasteiger partial charge in [-0.1, -0.05) is 11.6 Å². The molecule has 0 radical (unpaired) electrons. The van der Waals surface area contributed by atoms with Crippen LogP contribution in [0.2, 0.25) is 5.02 Å². The van der Waals surface area contributed by atoms with E-state index in [0.717, 1.165) is 28.8 Å². The lowest BCUT2D eigenvalue weighted by molar-refractivity contribution is 0.470. The van der Waals surface area contributed by atoms with Crippen LogP contribution in [0.1, 0.15) is 6.42 Å². The minimum absolute atomic E-state index is 0.271. The summed E-state index contributed by atoms with van der Waals surface area (Å²) in [6.45, 7) is 1.21. The van der Waals surface area contributed by atoms with Crippen LogP contribution in [0.25, 0.3) is 0 Å². The molecule has 1 N–H and O–H groups in total. The van der Waals surface area contributed by atoms with Crippen molar-refractivity contribution in [2.45, 2.75) is 11.3 Å². The fraction of sp³-hybridized carbons (Fsp3) is 0.400. The molecule has 0 amide bonds. The van der Waals surface area contributed by atoms with E-state index in [1.165, 1.54) is 0 Å². The Bertz CT molecular complexity index is 348. The van der Waals surface area contributed by atoms with Crippen molar-refractivity contribution >= 4 is 29.2 Å². The lowest BCUT2D eigenvalue weighted by Crippen LogP contribution is -2.35. The summed E-state index contributed by atoms with van der Waals surface area (Å²) in [5.41, 5.74) is 1.14. The monoisotopic (exact) mass is 246 g/mol. The number of nitrogens with zero attached hydrogens (tertiary/aromatic N) is 1. The molecule has 1 aromatic carbocycles. The maximum absolute atomic E-state index is 12.1. The zero-order valence-electron chi connectivity index (χ0n) is 8.17. The summed E-state index contributed by atoms with van der Waals surface area (Å²) in [5, 5.41) is 0.732. The number of benzene rings is 1. The Kier molecular flexibility index (Phi) is 3.72. The van der Waals surface area contributed by atoms with Crippen molar-refractivity contribution in [1.82, 2.24) is 4.72 Å². The molecule has 0 saturated carbocycles. The van der Waals surface area contributed by atoms with Gasteiger partial charge in [0.05, 0.1) is 19.0 Å². The van der Waals surface area contributed by atoms with E-state index in [4.69, 9.17) is 11.6 Å². The molecule has 0 atom stereocenters. The van der Waals surface area contributed by atoms with Crippen LogP contribution < -0.4 is 9.62 Å². The number of hydrogen-bond donors (Lipinski definition) is 1. The van der Waals surface area contributed by atoms with E-state index >= 15 is 0 Å². The molecule has 1 aliphatic rings. The highest BCUT2D eigenvalue weighted by Gasteiger charge is 2.16. The average molecular weight is 247 g/mol. The van der Waals surface area contributed by atoms with Crippen molar-refractivity contribution in [2.75, 3.05) is 24.8 Å². The first-order valence-electron chi connectivity index (χ1n) is 4.81. The zero-order chi connectivity index (χ0) is 10.7. The molecule has 0 unspecified atom stereocenters. The third-order valence-electron chi connectivity index (χ3n) is 2.26. The predicted octanol–water partition coefficient (Wildman–Crippen LogP) is 3.07. The molecular weight excluding hydrogens is 235 g/mol. The van der Waals surface area contributed by atoms with Crippen LogP contribution in [0, 0.1) is 0 Å². The summed E-state index contributed by atoms with van der Waals surface area (Å²) in [7, 11) is 0. The van der Waals surface area contributed by atoms with Crippen LogP contribution in [0.4, 0.5) is 10.1 Å². The highest BCUT2D eigenvalue weighted by atomic mass is 35.5. The van der Waals surface area contributed by atoms with Gasteiger partial charge < -0.3 is 4.90 Å². The second-order valence-electron chi connectivity index (χ2n) is 3.32. The quantitative estimate of drug-likeness (QED) is 0.826. The lowest BCUT2D eigenvalue weighted by Gasteiger charge is -2.30. The Balaban J connectivity index is 2.18. The molecule has 1 aromatic rings. The van der Waals surface area contributed by atoms with Gasteiger partial charge >= 0.3 is 0 Å². The standard InChI is InChI=1S/C10H12ClFN2S/c11-8-2-3-9-10(6-8)15-13-7-14(9)5-1-4-12/h2-3,6,13H,1,4-5,7H2. The van der Waals surface area contributed by atoms with E-state index in [2.05, 4.69) is 9.62 Å². The first kappa shape index (κ1) is 11.0. The predicted molar refractivity (Wildman–Crippen MR) is 63.2 cm³/mol. The molecule has 2 rings (SSSR count). The van der Waals surface area contributed by atoms with Gasteiger partial charge in [0.1, 0.15) is 0 Å². The number of nitrogens with one attached hydrogen (secondary N) is 1. The molecule has 0 saturated heterocycles. The normalized spacial score (nSPS) is 15.2. The summed E-state index contributed by atoms with van der Waals surface area (Å²) in [4.78, 5) is 3.23. The van der Waals surface area contributed by atoms with E-state index in [0.29, 0.717) is 6.42 Å². The molecule has 1 heterocycles. The molecule has 1 aliphatic heterocycles. The number of halogens is 2. The number of alkyl halides is 1. The van der Waals surface area contributed by atoms with Crippen LogP contribution in [-0.4, -0.2) is 19.9 Å². The van der Waals surface area contributed by atoms with Gasteiger partial charge in [-0.05, 0) is 36.6 Å². The van der Waals surface area contributed by atoms with Gasteiger partial charge in [0.25, 0.3) is 0 Å². The van der Waals surface area contributed by atoms with Crippen LogP contribution in [0.5, 0.6) is 0 Å². The third kappa shape index (κ3) is 2.56. The van der Waals surface area contributed by atoms with Gasteiger partial charge in [-0.15, -0.1) is 0 Å². The molecule has 0 spiro atoms. The first-order chi connectivity index (χ1) is 7.31. The van der Waals surface area contributed by atoms with Crippen molar-refractivity contribution in [1.29, 1.82) is 0 Å². The van der Waals surface area contributed by atoms with Gasteiger partial charge in [-0.2, -0.15) is 0 Å². The Morgan fingerprint density at radius 2 is 2.40 bits per heavy atom. The van der Waals surface area contributed by atoms with E-state index in [9.17, 15) is 4.39 Å². The van der Waals surface area contributed by atoms with Crippen molar-refractivity contribution in [3.8, 4) is 0 Å². The molecule has 5 heteroatoms. The highest BCUT2D eigenvalue weighted by Crippen LogP contribution is 2.34. The minimum atomic E-state index is -0.271. The second-order valence-corrected chi connectivity index (χ2v) is 4.69. The molecular formula is C10H12ClFN2S. The largest absolute Gasteiger partial charge is 0.357 e. The number of fused-ring (bicyclic) bond motifs is 1. The van der Waals surface area contributed by atoms with Gasteiger partial charge in [-0.25, -0.2) is 4.72 Å². The van der Waals surface area contributed by atoms with Crippen molar-refractivity contribution in [3.05, 3.63) is 23.2 Å². The van der Waals surface area contributed by atoms with Gasteiger partial charge in [0.15, 0.2) is 0 Å². The van der Waals surface area contributed by atoms with Crippen molar-refractivity contribution in [3.63, 3.8) is 0 Å². The molecule has 2 nitrogen and oxygen atoms in total. The molecule has 0 aromatic heterocycles. The Morgan fingerprint density at radius 3 is 3.20 bits per heavy atom. The summed E-state index contributed by atoms with van der Waals surface area (Å²) < 4.78 is 15.3. The van der Waals surface area contributed by atoms with Crippen LogP contribution in [-0.2, 0) is 0 Å². The molecule has 15 heavy (non-hydrogen) atoms. The summed E-state index contributed by atoms with van der Waals surface area (Å²) in [6.07, 6.45) is 0.564. The maximum Gasteiger partial charge on any atom is 0.0911 e. The molecule has 0 bridgehead atoms. The number of hydrogen-bond acceptors (Lipinski definition) is 3. The van der Waals surface area contributed by atoms with E-state index in [1.54, 1.807) is 11.9 Å². The summed E-state index contributed by atoms with van der Waals surface area (Å²) in [5.74, 6) is 0. The second kappa shape index (κ2) is 5.05. The molecule has 0 aliphatic carbocycles. The maximum atomic E-state index is 12.1. The van der Waals surface area contributed by atoms with E-state index in [1.807, 2.05) is 18.2 Å². The zero-order valence-corrected chi connectivity index (χ0v) is 9.74. The fourth-order valence-corrected chi connectivity index (χ4v) is 2.65. The topological polar surface area (TPSA) is 15.3 Å². The Morgan fingerprint density at radius 1 is 1.53 bits per heavy atom. The average Bonchev–Trinajstić information content (AvgIpc) is 2.25. The van der Waals surface area contributed by atoms with Gasteiger partial charge in [-0.3, -0.25) is 4.39 Å². The van der Waals surface area contributed by atoms with E-state index in [-0.39, 0.29) is 6.67 Å². The summed E-state index contributed by atoms with van der Waals surface area (Å²) >= 11 is 7.48. The lowest BCUT2D eigenvalue weighted by atomic mass is 10.2. The summed E-state index contributed by atoms with van der Waals surface area (Å²) in [6, 6.07) is 5.79. The van der Waals surface area contributed by atoms with Crippen LogP contribution in [0.3, 0.4) is 0 Å². The number of rotatable bonds is 3. The molecule has 82 valence electrons. The Labute approximate surface area is 97.9 Å². The highest BCUT2D eigenvalue weighted by molar-refractivity contribution is 7.97. The van der Waals surface area contributed by atoms with Crippen molar-refractivity contribution in [2.24, 2.45) is 0 Å². The first-order valence-corrected chi connectivity index (χ1v) is 6.01. The van der Waals surface area contributed by atoms with Crippen LogP contribution in [0.15, 0.2) is 23.1 Å². The third-order valence-corrected chi connectivity index (χ3v) is 3.32. The number of anilines is 1. The fourth-order valence-electron chi connectivity index (χ4n) is 1.55. The molecule has 0 fully saturated rings. The Hall–Kier alpha value is -0.450.